The molecule has 1 aliphatic rings. The fourth-order valence-corrected chi connectivity index (χ4v) is 2.91. The number of phenols is 1. The molecule has 0 saturated carbocycles. The third-order valence-electron chi connectivity index (χ3n) is 4.06. The lowest BCUT2D eigenvalue weighted by Crippen LogP contribution is -2.39. The molecule has 0 saturated heterocycles. The standard InChI is InChI=1S/C19H24O8/c1-10-8-13(17(22)19(24-5)18(10)23-4)14-6-7-15(26-12(3)21)16(27-14)9-25-11(2)20/h6-8,14-16,22H,9H2,1-5H3/t14-,15-,16+/m0/s1. The molecule has 148 valence electrons. The first-order chi connectivity index (χ1) is 12.8. The number of rotatable bonds is 6. The number of benzene rings is 1. The van der Waals surface area contributed by atoms with Crippen LogP contribution in [0.4, 0.5) is 0 Å². The Hall–Kier alpha value is -2.74. The van der Waals surface area contributed by atoms with Crippen molar-refractivity contribution in [3.63, 3.8) is 0 Å². The van der Waals surface area contributed by atoms with E-state index in [1.54, 1.807) is 18.2 Å². The van der Waals surface area contributed by atoms with Gasteiger partial charge in [-0.2, -0.15) is 0 Å². The molecule has 1 heterocycles. The van der Waals surface area contributed by atoms with Gasteiger partial charge in [0.25, 0.3) is 0 Å². The molecule has 0 unspecified atom stereocenters. The van der Waals surface area contributed by atoms with Crippen molar-refractivity contribution in [2.45, 2.75) is 39.1 Å². The number of hydrogen-bond donors (Lipinski definition) is 1. The SMILES string of the molecule is COc1c(C)cc([C@@H]2C=C[C@H](OC(C)=O)[C@@H](COC(C)=O)O2)c(O)c1OC. The number of aryl methyl sites for hydroxylation is 1. The summed E-state index contributed by atoms with van der Waals surface area (Å²) in [5.74, 6) is -0.455. The van der Waals surface area contributed by atoms with E-state index >= 15 is 0 Å². The molecule has 0 fully saturated rings. The Balaban J connectivity index is 2.37. The highest BCUT2D eigenvalue weighted by molar-refractivity contribution is 5.67. The Morgan fingerprint density at radius 3 is 2.33 bits per heavy atom. The summed E-state index contributed by atoms with van der Waals surface area (Å²) < 4.78 is 26.7. The van der Waals surface area contributed by atoms with E-state index in [0.29, 0.717) is 11.3 Å². The first-order valence-corrected chi connectivity index (χ1v) is 8.37. The van der Waals surface area contributed by atoms with Gasteiger partial charge in [0.1, 0.15) is 24.9 Å². The van der Waals surface area contributed by atoms with E-state index in [9.17, 15) is 14.7 Å². The van der Waals surface area contributed by atoms with Crippen LogP contribution in [0.3, 0.4) is 0 Å². The van der Waals surface area contributed by atoms with Crippen LogP contribution < -0.4 is 9.47 Å². The fraction of sp³-hybridized carbons (Fsp3) is 0.474. The molecule has 1 aliphatic heterocycles. The largest absolute Gasteiger partial charge is 0.504 e. The van der Waals surface area contributed by atoms with Crippen LogP contribution in [0, 0.1) is 6.92 Å². The predicted octanol–water partition coefficient (Wildman–Crippen LogP) is 2.21. The van der Waals surface area contributed by atoms with E-state index in [4.69, 9.17) is 23.7 Å². The van der Waals surface area contributed by atoms with Crippen molar-refractivity contribution in [3.05, 3.63) is 29.3 Å². The maximum Gasteiger partial charge on any atom is 0.303 e. The maximum absolute atomic E-state index is 11.3. The van der Waals surface area contributed by atoms with E-state index in [-0.39, 0.29) is 18.1 Å². The molecule has 1 aromatic carbocycles. The van der Waals surface area contributed by atoms with E-state index < -0.39 is 30.3 Å². The topological polar surface area (TPSA) is 101 Å². The Kier molecular flexibility index (Phi) is 6.68. The lowest BCUT2D eigenvalue weighted by molar-refractivity contribution is -0.163. The molecule has 1 aromatic rings. The second kappa shape index (κ2) is 8.77. The molecule has 1 N–H and O–H groups in total. The van der Waals surface area contributed by atoms with Gasteiger partial charge in [-0.1, -0.05) is 6.08 Å². The number of ether oxygens (including phenoxy) is 5. The number of carbonyl (C=O) groups is 2. The molecule has 0 bridgehead atoms. The molecule has 0 aromatic heterocycles. The van der Waals surface area contributed by atoms with Crippen molar-refractivity contribution in [1.82, 2.24) is 0 Å². The van der Waals surface area contributed by atoms with E-state index in [0.717, 1.165) is 5.56 Å². The van der Waals surface area contributed by atoms with Crippen LogP contribution >= 0.6 is 0 Å². The molecule has 0 spiro atoms. The zero-order valence-corrected chi connectivity index (χ0v) is 16.0. The summed E-state index contributed by atoms with van der Waals surface area (Å²) in [7, 11) is 2.92. The summed E-state index contributed by atoms with van der Waals surface area (Å²) in [6.07, 6.45) is 1.23. The van der Waals surface area contributed by atoms with Crippen LogP contribution in [0.25, 0.3) is 0 Å². The van der Waals surface area contributed by atoms with Gasteiger partial charge in [-0.25, -0.2) is 0 Å². The van der Waals surface area contributed by atoms with E-state index in [1.807, 2.05) is 6.92 Å². The Labute approximate surface area is 157 Å². The summed E-state index contributed by atoms with van der Waals surface area (Å²) in [6.45, 7) is 4.28. The minimum absolute atomic E-state index is 0.0961. The van der Waals surface area contributed by atoms with Gasteiger partial charge >= 0.3 is 11.9 Å². The van der Waals surface area contributed by atoms with Gasteiger partial charge in [-0.3, -0.25) is 9.59 Å². The number of phenolic OH excluding ortho intramolecular Hbond substituents is 1. The fourth-order valence-electron chi connectivity index (χ4n) is 2.91. The highest BCUT2D eigenvalue weighted by atomic mass is 16.6. The molecule has 2 rings (SSSR count). The monoisotopic (exact) mass is 380 g/mol. The molecule has 0 aliphatic carbocycles. The number of esters is 2. The molecule has 8 heteroatoms. The van der Waals surface area contributed by atoms with E-state index in [1.165, 1.54) is 28.1 Å². The average Bonchev–Trinajstić information content (AvgIpc) is 2.61. The number of hydrogen-bond acceptors (Lipinski definition) is 8. The van der Waals surface area contributed by atoms with Gasteiger partial charge in [0.15, 0.2) is 11.5 Å². The van der Waals surface area contributed by atoms with Gasteiger partial charge < -0.3 is 28.8 Å². The Bertz CT molecular complexity index is 740. The van der Waals surface area contributed by atoms with Crippen molar-refractivity contribution < 1.29 is 38.4 Å². The third-order valence-corrected chi connectivity index (χ3v) is 4.06. The molecule has 27 heavy (non-hydrogen) atoms. The highest BCUT2D eigenvalue weighted by Crippen LogP contribution is 2.45. The third kappa shape index (κ3) is 4.71. The van der Waals surface area contributed by atoms with Crippen molar-refractivity contribution in [3.8, 4) is 17.2 Å². The van der Waals surface area contributed by atoms with Crippen LogP contribution in [0.5, 0.6) is 17.2 Å². The van der Waals surface area contributed by atoms with Crippen LogP contribution in [0.1, 0.15) is 31.1 Å². The lowest BCUT2D eigenvalue weighted by atomic mass is 9.99. The zero-order valence-electron chi connectivity index (χ0n) is 16.0. The minimum atomic E-state index is -0.722. The average molecular weight is 380 g/mol. The number of methoxy groups -OCH3 is 2. The smallest absolute Gasteiger partial charge is 0.303 e. The van der Waals surface area contributed by atoms with Crippen LogP contribution in [-0.4, -0.2) is 50.1 Å². The van der Waals surface area contributed by atoms with Crippen molar-refractivity contribution in [2.24, 2.45) is 0 Å². The van der Waals surface area contributed by atoms with Gasteiger partial charge in [0.05, 0.1) is 14.2 Å². The van der Waals surface area contributed by atoms with E-state index in [2.05, 4.69) is 0 Å². The highest BCUT2D eigenvalue weighted by Gasteiger charge is 2.33. The van der Waals surface area contributed by atoms with Crippen molar-refractivity contribution in [1.29, 1.82) is 0 Å². The molecule has 3 atom stereocenters. The summed E-state index contributed by atoms with van der Waals surface area (Å²) in [5.41, 5.74) is 1.20. The molecular weight excluding hydrogens is 356 g/mol. The lowest BCUT2D eigenvalue weighted by Gasteiger charge is -2.32. The number of aromatic hydroxyl groups is 1. The quantitative estimate of drug-likeness (QED) is 0.592. The number of carbonyl (C=O) groups excluding carboxylic acids is 2. The first kappa shape index (κ1) is 20.6. The maximum atomic E-state index is 11.3. The van der Waals surface area contributed by atoms with Crippen LogP contribution in [0.15, 0.2) is 18.2 Å². The van der Waals surface area contributed by atoms with Crippen LogP contribution in [-0.2, 0) is 23.8 Å². The first-order valence-electron chi connectivity index (χ1n) is 8.37. The normalized spacial score (nSPS) is 21.4. The van der Waals surface area contributed by atoms with Gasteiger partial charge in [0.2, 0.25) is 5.75 Å². The molecule has 0 radical (unpaired) electrons. The Morgan fingerprint density at radius 1 is 1.11 bits per heavy atom. The molecular formula is C19H24O8. The summed E-state index contributed by atoms with van der Waals surface area (Å²) in [6, 6.07) is 1.72. The summed E-state index contributed by atoms with van der Waals surface area (Å²) in [5, 5.41) is 10.6. The Morgan fingerprint density at radius 2 is 1.78 bits per heavy atom. The molecule has 0 amide bonds. The van der Waals surface area contributed by atoms with Gasteiger partial charge in [0, 0.05) is 19.4 Å². The summed E-state index contributed by atoms with van der Waals surface area (Å²) >= 11 is 0. The summed E-state index contributed by atoms with van der Waals surface area (Å²) in [4.78, 5) is 22.5. The van der Waals surface area contributed by atoms with Crippen LogP contribution in [0.2, 0.25) is 0 Å². The molecule has 8 nitrogen and oxygen atoms in total. The van der Waals surface area contributed by atoms with Gasteiger partial charge in [-0.15, -0.1) is 0 Å². The predicted molar refractivity (Wildman–Crippen MR) is 94.9 cm³/mol. The second-order valence-corrected chi connectivity index (χ2v) is 6.05. The zero-order chi connectivity index (χ0) is 20.1. The minimum Gasteiger partial charge on any atom is -0.504 e. The van der Waals surface area contributed by atoms with Crippen molar-refractivity contribution >= 4 is 11.9 Å². The van der Waals surface area contributed by atoms with Gasteiger partial charge in [-0.05, 0) is 24.6 Å². The van der Waals surface area contributed by atoms with Crippen molar-refractivity contribution in [2.75, 3.05) is 20.8 Å². The second-order valence-electron chi connectivity index (χ2n) is 6.05.